The van der Waals surface area contributed by atoms with Gasteiger partial charge in [-0.1, -0.05) is 44.2 Å². The SMILES string of the molecule is Cc1cccc(NC(=O)c2ccc(COc3ccc4c(c3)C(c3ccc(F)cc3)N(C(=O)C(C)C)CC4)o2)c1. The van der Waals surface area contributed by atoms with E-state index < -0.39 is 0 Å². The third-order valence-corrected chi connectivity index (χ3v) is 6.85. The van der Waals surface area contributed by atoms with Gasteiger partial charge in [-0.2, -0.15) is 0 Å². The van der Waals surface area contributed by atoms with E-state index in [4.69, 9.17) is 9.15 Å². The largest absolute Gasteiger partial charge is 0.486 e. The summed E-state index contributed by atoms with van der Waals surface area (Å²) in [6.45, 7) is 6.45. The zero-order valence-corrected chi connectivity index (χ0v) is 22.2. The van der Waals surface area contributed by atoms with Crippen LogP contribution in [-0.4, -0.2) is 23.3 Å². The molecule has 4 aromatic rings. The van der Waals surface area contributed by atoms with Crippen LogP contribution in [0, 0.1) is 18.7 Å². The third-order valence-electron chi connectivity index (χ3n) is 6.85. The van der Waals surface area contributed by atoms with Crippen molar-refractivity contribution >= 4 is 17.5 Å². The molecule has 200 valence electrons. The van der Waals surface area contributed by atoms with Gasteiger partial charge in [0.2, 0.25) is 5.91 Å². The van der Waals surface area contributed by atoms with E-state index in [9.17, 15) is 14.0 Å². The fraction of sp³-hybridized carbons (Fsp3) is 0.250. The number of aryl methyl sites for hydroxylation is 1. The number of amides is 2. The summed E-state index contributed by atoms with van der Waals surface area (Å²) in [5.74, 6) is 0.547. The van der Waals surface area contributed by atoms with Gasteiger partial charge >= 0.3 is 0 Å². The molecule has 0 spiro atoms. The molecule has 2 heterocycles. The molecule has 39 heavy (non-hydrogen) atoms. The maximum atomic E-state index is 13.7. The molecule has 7 heteroatoms. The molecule has 1 atom stereocenters. The summed E-state index contributed by atoms with van der Waals surface area (Å²) in [6, 6.07) is 22.7. The van der Waals surface area contributed by atoms with Gasteiger partial charge in [0.05, 0.1) is 6.04 Å². The minimum absolute atomic E-state index is 0.0494. The van der Waals surface area contributed by atoms with Gasteiger partial charge in [-0.15, -0.1) is 0 Å². The molecule has 1 aliphatic heterocycles. The van der Waals surface area contributed by atoms with Crippen LogP contribution in [0.5, 0.6) is 5.75 Å². The number of fused-ring (bicyclic) bond motifs is 1. The number of furan rings is 1. The molecule has 1 unspecified atom stereocenters. The summed E-state index contributed by atoms with van der Waals surface area (Å²) in [5.41, 5.74) is 4.67. The summed E-state index contributed by atoms with van der Waals surface area (Å²) in [6.07, 6.45) is 0.726. The first-order valence-corrected chi connectivity index (χ1v) is 13.1. The Bertz CT molecular complexity index is 1490. The number of rotatable bonds is 7. The lowest BCUT2D eigenvalue weighted by atomic mass is 9.87. The lowest BCUT2D eigenvalue weighted by Crippen LogP contribution is -2.42. The van der Waals surface area contributed by atoms with E-state index in [1.165, 1.54) is 12.1 Å². The van der Waals surface area contributed by atoms with Crippen LogP contribution < -0.4 is 10.1 Å². The van der Waals surface area contributed by atoms with Crippen LogP contribution >= 0.6 is 0 Å². The molecule has 0 bridgehead atoms. The topological polar surface area (TPSA) is 71.8 Å². The summed E-state index contributed by atoms with van der Waals surface area (Å²) in [5, 5.41) is 2.84. The maximum absolute atomic E-state index is 13.7. The van der Waals surface area contributed by atoms with Crippen LogP contribution in [0.15, 0.2) is 83.3 Å². The van der Waals surface area contributed by atoms with E-state index in [0.717, 1.165) is 28.7 Å². The lowest BCUT2D eigenvalue weighted by molar-refractivity contribution is -0.136. The molecule has 5 rings (SSSR count). The van der Waals surface area contributed by atoms with Crippen LogP contribution in [0.25, 0.3) is 0 Å². The molecule has 0 aliphatic carbocycles. The molecule has 0 fully saturated rings. The van der Waals surface area contributed by atoms with Gasteiger partial charge in [0.25, 0.3) is 5.91 Å². The molecule has 0 saturated carbocycles. The second kappa shape index (κ2) is 11.2. The average Bonchev–Trinajstić information content (AvgIpc) is 3.41. The maximum Gasteiger partial charge on any atom is 0.291 e. The van der Waals surface area contributed by atoms with Crippen molar-refractivity contribution in [2.45, 2.75) is 39.8 Å². The van der Waals surface area contributed by atoms with E-state index in [1.807, 2.05) is 68.1 Å². The molecule has 1 N–H and O–H groups in total. The molecule has 3 aromatic carbocycles. The zero-order chi connectivity index (χ0) is 27.5. The zero-order valence-electron chi connectivity index (χ0n) is 22.2. The van der Waals surface area contributed by atoms with Gasteiger partial charge in [-0.05, 0) is 84.1 Å². The van der Waals surface area contributed by atoms with E-state index in [2.05, 4.69) is 5.32 Å². The number of ether oxygens (including phenoxy) is 1. The summed E-state index contributed by atoms with van der Waals surface area (Å²) >= 11 is 0. The first-order chi connectivity index (χ1) is 18.8. The number of hydrogen-bond acceptors (Lipinski definition) is 4. The highest BCUT2D eigenvalue weighted by molar-refractivity contribution is 6.02. The van der Waals surface area contributed by atoms with Gasteiger partial charge < -0.3 is 19.4 Å². The first kappa shape index (κ1) is 26.2. The van der Waals surface area contributed by atoms with Crippen LogP contribution in [-0.2, 0) is 17.8 Å². The van der Waals surface area contributed by atoms with Crippen molar-refractivity contribution in [2.24, 2.45) is 5.92 Å². The van der Waals surface area contributed by atoms with Crippen molar-refractivity contribution in [2.75, 3.05) is 11.9 Å². The summed E-state index contributed by atoms with van der Waals surface area (Å²) < 4.78 is 25.5. The minimum atomic E-state index is -0.340. The number of nitrogens with one attached hydrogen (secondary N) is 1. The molecule has 0 radical (unpaired) electrons. The smallest absolute Gasteiger partial charge is 0.291 e. The summed E-state index contributed by atoms with van der Waals surface area (Å²) in [7, 11) is 0. The van der Waals surface area contributed by atoms with Crippen molar-refractivity contribution < 1.29 is 23.1 Å². The second-order valence-corrected chi connectivity index (χ2v) is 10.1. The third kappa shape index (κ3) is 5.87. The molecule has 0 saturated heterocycles. The highest BCUT2D eigenvalue weighted by Crippen LogP contribution is 2.38. The minimum Gasteiger partial charge on any atom is -0.486 e. The van der Waals surface area contributed by atoms with Crippen molar-refractivity contribution in [3.8, 4) is 5.75 Å². The Morgan fingerprint density at radius 2 is 1.85 bits per heavy atom. The Labute approximate surface area is 227 Å². The predicted molar refractivity (Wildman–Crippen MR) is 147 cm³/mol. The van der Waals surface area contributed by atoms with Gasteiger partial charge in [0, 0.05) is 18.2 Å². The number of benzene rings is 3. The predicted octanol–water partition coefficient (Wildman–Crippen LogP) is 6.69. The van der Waals surface area contributed by atoms with Gasteiger partial charge in [-0.3, -0.25) is 9.59 Å². The normalized spacial score (nSPS) is 14.7. The van der Waals surface area contributed by atoms with E-state index in [-0.39, 0.29) is 42.0 Å². The number of hydrogen-bond donors (Lipinski definition) is 1. The number of halogens is 1. The highest BCUT2D eigenvalue weighted by Gasteiger charge is 2.33. The van der Waals surface area contributed by atoms with Gasteiger partial charge in [0.15, 0.2) is 5.76 Å². The Hall–Kier alpha value is -4.39. The van der Waals surface area contributed by atoms with E-state index >= 15 is 0 Å². The Kier molecular flexibility index (Phi) is 7.50. The van der Waals surface area contributed by atoms with Crippen molar-refractivity contribution in [1.29, 1.82) is 0 Å². The Morgan fingerprint density at radius 3 is 2.59 bits per heavy atom. The molecule has 1 aromatic heterocycles. The van der Waals surface area contributed by atoms with E-state index in [0.29, 0.717) is 23.7 Å². The summed E-state index contributed by atoms with van der Waals surface area (Å²) in [4.78, 5) is 27.6. The van der Waals surface area contributed by atoms with Crippen molar-refractivity contribution in [3.63, 3.8) is 0 Å². The molecule has 2 amide bonds. The van der Waals surface area contributed by atoms with Crippen LogP contribution in [0.4, 0.5) is 10.1 Å². The molecule has 6 nitrogen and oxygen atoms in total. The van der Waals surface area contributed by atoms with Crippen LogP contribution in [0.1, 0.15) is 58.5 Å². The number of anilines is 1. The van der Waals surface area contributed by atoms with Gasteiger partial charge in [0.1, 0.15) is 23.9 Å². The molecule has 1 aliphatic rings. The highest BCUT2D eigenvalue weighted by atomic mass is 19.1. The van der Waals surface area contributed by atoms with Crippen LogP contribution in [0.2, 0.25) is 0 Å². The number of carbonyl (C=O) groups is 2. The Balaban J connectivity index is 1.34. The van der Waals surface area contributed by atoms with Crippen molar-refractivity contribution in [1.82, 2.24) is 4.90 Å². The number of carbonyl (C=O) groups excluding carboxylic acids is 2. The fourth-order valence-electron chi connectivity index (χ4n) is 4.90. The van der Waals surface area contributed by atoms with Gasteiger partial charge in [-0.25, -0.2) is 4.39 Å². The lowest BCUT2D eigenvalue weighted by Gasteiger charge is -2.39. The molecular formula is C32H31FN2O4. The first-order valence-electron chi connectivity index (χ1n) is 13.1. The monoisotopic (exact) mass is 526 g/mol. The number of nitrogens with zero attached hydrogens (tertiary/aromatic N) is 1. The average molecular weight is 527 g/mol. The fourth-order valence-corrected chi connectivity index (χ4v) is 4.90. The Morgan fingerprint density at radius 1 is 1.05 bits per heavy atom. The van der Waals surface area contributed by atoms with Crippen LogP contribution in [0.3, 0.4) is 0 Å². The molecular weight excluding hydrogens is 495 g/mol. The quantitative estimate of drug-likeness (QED) is 0.291. The second-order valence-electron chi connectivity index (χ2n) is 10.1. The standard InChI is InChI=1S/C32H31FN2O4/c1-20(2)32(37)35-16-15-22-9-12-26(18-28(22)30(35)23-7-10-24(33)11-8-23)38-19-27-13-14-29(39-27)31(36)34-25-6-4-5-21(3)17-25/h4-14,17-18,20,30H,15-16,19H2,1-3H3,(H,34,36). The van der Waals surface area contributed by atoms with E-state index in [1.54, 1.807) is 24.3 Å². The van der Waals surface area contributed by atoms with Crippen molar-refractivity contribution in [3.05, 3.63) is 118 Å².